The first kappa shape index (κ1) is 12.3. The molecule has 0 radical (unpaired) electrons. The highest BCUT2D eigenvalue weighted by molar-refractivity contribution is 7.99. The predicted molar refractivity (Wildman–Crippen MR) is 65.2 cm³/mol. The van der Waals surface area contributed by atoms with Crippen molar-refractivity contribution in [3.8, 4) is 0 Å². The van der Waals surface area contributed by atoms with Gasteiger partial charge in [-0.25, -0.2) is 9.97 Å². The lowest BCUT2D eigenvalue weighted by Gasteiger charge is -2.03. The summed E-state index contributed by atoms with van der Waals surface area (Å²) in [6.45, 7) is 1.84. The average molecular weight is 266 g/mol. The molecule has 0 spiro atoms. The lowest BCUT2D eigenvalue weighted by atomic mass is 10.5. The van der Waals surface area contributed by atoms with Gasteiger partial charge >= 0.3 is 5.69 Å². The molecule has 0 saturated carbocycles. The molecule has 9 heteroatoms. The number of rotatable bonds is 3. The normalized spacial score (nSPS) is 10.6. The fraction of sp³-hybridized carbons (Fsp3) is 0.222. The molecule has 18 heavy (non-hydrogen) atoms. The van der Waals surface area contributed by atoms with E-state index in [1.54, 1.807) is 11.7 Å². The molecule has 2 aromatic rings. The van der Waals surface area contributed by atoms with Gasteiger partial charge in [-0.15, -0.1) is 0 Å². The van der Waals surface area contributed by atoms with Crippen LogP contribution in [-0.4, -0.2) is 24.7 Å². The van der Waals surface area contributed by atoms with Gasteiger partial charge in [-0.3, -0.25) is 14.8 Å². The maximum Gasteiger partial charge on any atom is 0.343 e. The van der Waals surface area contributed by atoms with E-state index in [9.17, 15) is 10.1 Å². The Hall–Kier alpha value is -2.16. The van der Waals surface area contributed by atoms with E-state index in [1.165, 1.54) is 6.33 Å². The summed E-state index contributed by atoms with van der Waals surface area (Å²) >= 11 is 1.13. The summed E-state index contributed by atoms with van der Waals surface area (Å²) < 4.78 is 1.63. The van der Waals surface area contributed by atoms with Gasteiger partial charge in [0.05, 0.1) is 10.6 Å². The fourth-order valence-corrected chi connectivity index (χ4v) is 2.38. The summed E-state index contributed by atoms with van der Waals surface area (Å²) in [5, 5.41) is 16.0. The Morgan fingerprint density at radius 1 is 1.50 bits per heavy atom. The standard InChI is InChI=1S/C9H10N6O2S/c1-5-3-6(14(2)13-5)18-9-7(15(16)17)8(10)11-4-12-9/h3-4H,1-2H3,(H2,10,11,12). The quantitative estimate of drug-likeness (QED) is 0.503. The summed E-state index contributed by atoms with van der Waals surface area (Å²) in [6, 6.07) is 1.81. The van der Waals surface area contributed by atoms with Crippen LogP contribution < -0.4 is 5.73 Å². The molecule has 0 amide bonds. The van der Waals surface area contributed by atoms with E-state index in [-0.39, 0.29) is 16.5 Å². The average Bonchev–Trinajstić information content (AvgIpc) is 2.57. The van der Waals surface area contributed by atoms with E-state index in [4.69, 9.17) is 5.73 Å². The minimum Gasteiger partial charge on any atom is -0.378 e. The lowest BCUT2D eigenvalue weighted by Crippen LogP contribution is -2.02. The Balaban J connectivity index is 2.43. The van der Waals surface area contributed by atoms with Gasteiger partial charge in [0.25, 0.3) is 0 Å². The van der Waals surface area contributed by atoms with Crippen LogP contribution in [-0.2, 0) is 7.05 Å². The van der Waals surface area contributed by atoms with Crippen LogP contribution in [0.5, 0.6) is 0 Å². The molecule has 0 bridgehead atoms. The number of nitrogen functional groups attached to an aromatic ring is 1. The van der Waals surface area contributed by atoms with Gasteiger partial charge in [0.1, 0.15) is 11.4 Å². The van der Waals surface area contributed by atoms with Crippen molar-refractivity contribution in [2.24, 2.45) is 7.05 Å². The maximum atomic E-state index is 10.9. The van der Waals surface area contributed by atoms with Crippen LogP contribution in [0.25, 0.3) is 0 Å². The highest BCUT2D eigenvalue weighted by Crippen LogP contribution is 2.35. The van der Waals surface area contributed by atoms with E-state index >= 15 is 0 Å². The second kappa shape index (κ2) is 4.61. The monoisotopic (exact) mass is 266 g/mol. The second-order valence-electron chi connectivity index (χ2n) is 3.52. The molecular weight excluding hydrogens is 256 g/mol. The second-order valence-corrected chi connectivity index (χ2v) is 4.53. The van der Waals surface area contributed by atoms with Gasteiger partial charge in [0, 0.05) is 7.05 Å². The minimum absolute atomic E-state index is 0.142. The van der Waals surface area contributed by atoms with Gasteiger partial charge in [0.2, 0.25) is 5.82 Å². The summed E-state index contributed by atoms with van der Waals surface area (Å²) in [4.78, 5) is 17.9. The van der Waals surface area contributed by atoms with E-state index < -0.39 is 4.92 Å². The van der Waals surface area contributed by atoms with Crippen molar-refractivity contribution in [1.29, 1.82) is 0 Å². The number of nitrogens with two attached hydrogens (primary N) is 1. The summed E-state index contributed by atoms with van der Waals surface area (Å²) in [7, 11) is 1.76. The largest absolute Gasteiger partial charge is 0.378 e. The Morgan fingerprint density at radius 3 is 2.78 bits per heavy atom. The smallest absolute Gasteiger partial charge is 0.343 e. The van der Waals surface area contributed by atoms with Crippen LogP contribution in [0.1, 0.15) is 5.69 Å². The van der Waals surface area contributed by atoms with Gasteiger partial charge < -0.3 is 5.73 Å². The highest BCUT2D eigenvalue weighted by Gasteiger charge is 2.22. The first-order valence-corrected chi connectivity index (χ1v) is 5.74. The molecule has 0 aromatic carbocycles. The van der Waals surface area contributed by atoms with Crippen molar-refractivity contribution >= 4 is 23.3 Å². The topological polar surface area (TPSA) is 113 Å². The molecule has 94 valence electrons. The van der Waals surface area contributed by atoms with Crippen molar-refractivity contribution in [1.82, 2.24) is 19.7 Å². The van der Waals surface area contributed by atoms with Gasteiger partial charge in [-0.2, -0.15) is 5.10 Å². The Bertz CT molecular complexity index is 611. The van der Waals surface area contributed by atoms with Crippen LogP contribution in [0, 0.1) is 17.0 Å². The zero-order valence-electron chi connectivity index (χ0n) is 9.69. The number of hydrogen-bond donors (Lipinski definition) is 1. The van der Waals surface area contributed by atoms with E-state index in [1.807, 2.05) is 13.0 Å². The molecule has 0 atom stereocenters. The van der Waals surface area contributed by atoms with Crippen LogP contribution in [0.2, 0.25) is 0 Å². The molecule has 0 unspecified atom stereocenters. The molecule has 2 rings (SSSR count). The van der Waals surface area contributed by atoms with E-state index in [2.05, 4.69) is 15.1 Å². The minimum atomic E-state index is -0.582. The Morgan fingerprint density at radius 2 is 2.22 bits per heavy atom. The van der Waals surface area contributed by atoms with Gasteiger partial charge in [-0.05, 0) is 24.8 Å². The number of aromatic nitrogens is 4. The van der Waals surface area contributed by atoms with Crippen molar-refractivity contribution < 1.29 is 4.92 Å². The van der Waals surface area contributed by atoms with Crippen molar-refractivity contribution in [3.63, 3.8) is 0 Å². The molecule has 0 aliphatic heterocycles. The Labute approximate surface area is 106 Å². The van der Waals surface area contributed by atoms with Crippen molar-refractivity contribution in [3.05, 3.63) is 28.2 Å². The molecule has 0 aliphatic rings. The number of aryl methyl sites for hydroxylation is 2. The van der Waals surface area contributed by atoms with Gasteiger partial charge in [0.15, 0.2) is 5.03 Å². The third-order valence-electron chi connectivity index (χ3n) is 2.16. The SMILES string of the molecule is Cc1cc(Sc2ncnc(N)c2[N+](=O)[O-])n(C)n1. The molecule has 2 heterocycles. The number of hydrogen-bond acceptors (Lipinski definition) is 7. The van der Waals surface area contributed by atoms with Crippen molar-refractivity contribution in [2.75, 3.05) is 5.73 Å². The lowest BCUT2D eigenvalue weighted by molar-refractivity contribution is -0.387. The molecule has 8 nitrogen and oxygen atoms in total. The highest BCUT2D eigenvalue weighted by atomic mass is 32.2. The fourth-order valence-electron chi connectivity index (χ4n) is 1.40. The first-order valence-electron chi connectivity index (χ1n) is 4.92. The maximum absolute atomic E-state index is 10.9. The zero-order chi connectivity index (χ0) is 13.3. The summed E-state index contributed by atoms with van der Waals surface area (Å²) in [6.07, 6.45) is 1.20. The van der Waals surface area contributed by atoms with E-state index in [0.717, 1.165) is 22.5 Å². The molecule has 2 aromatic heterocycles. The van der Waals surface area contributed by atoms with E-state index in [0.29, 0.717) is 0 Å². The summed E-state index contributed by atoms with van der Waals surface area (Å²) in [5.41, 5.74) is 6.04. The first-order chi connectivity index (χ1) is 8.49. The molecule has 0 saturated heterocycles. The van der Waals surface area contributed by atoms with Crippen molar-refractivity contribution in [2.45, 2.75) is 17.0 Å². The molecule has 0 fully saturated rings. The third-order valence-corrected chi connectivity index (χ3v) is 3.24. The Kier molecular flexibility index (Phi) is 3.15. The third kappa shape index (κ3) is 2.25. The van der Waals surface area contributed by atoms with Crippen LogP contribution >= 0.6 is 11.8 Å². The zero-order valence-corrected chi connectivity index (χ0v) is 10.5. The number of anilines is 1. The van der Waals surface area contributed by atoms with Gasteiger partial charge in [-0.1, -0.05) is 0 Å². The molecule has 0 aliphatic carbocycles. The molecular formula is C9H10N6O2S. The van der Waals surface area contributed by atoms with Crippen LogP contribution in [0.4, 0.5) is 11.5 Å². The van der Waals surface area contributed by atoms with Crippen LogP contribution in [0.3, 0.4) is 0 Å². The summed E-state index contributed by atoms with van der Waals surface area (Å²) in [5.74, 6) is -0.142. The predicted octanol–water partition coefficient (Wildman–Crippen LogP) is 1.16. The van der Waals surface area contributed by atoms with Crippen LogP contribution in [0.15, 0.2) is 22.4 Å². The number of nitro groups is 1. The number of nitrogens with zero attached hydrogens (tertiary/aromatic N) is 5. The molecule has 2 N–H and O–H groups in total.